The summed E-state index contributed by atoms with van der Waals surface area (Å²) in [4.78, 5) is 3.90. The molecule has 2 nitrogen and oxygen atoms in total. The van der Waals surface area contributed by atoms with E-state index < -0.39 is 0 Å². The third kappa shape index (κ3) is 1.39. The summed E-state index contributed by atoms with van der Waals surface area (Å²) >= 11 is 0. The second-order valence-electron chi connectivity index (χ2n) is 1.18. The summed E-state index contributed by atoms with van der Waals surface area (Å²) in [6.45, 7) is 1.27. The van der Waals surface area contributed by atoms with Crippen molar-refractivity contribution in [1.29, 1.82) is 0 Å². The van der Waals surface area contributed by atoms with Gasteiger partial charge in [-0.15, -0.1) is 0 Å². The van der Waals surface area contributed by atoms with Crippen LogP contribution >= 0.6 is 0 Å². The van der Waals surface area contributed by atoms with Gasteiger partial charge in [-0.25, -0.2) is 0 Å². The van der Waals surface area contributed by atoms with Crippen LogP contribution in [0.2, 0.25) is 0 Å². The Kier molecular flexibility index (Phi) is 1.50. The van der Waals surface area contributed by atoms with Crippen LogP contribution in [-0.4, -0.2) is 19.4 Å². The lowest BCUT2D eigenvalue weighted by molar-refractivity contribution is 0.283. The molecule has 0 saturated carbocycles. The van der Waals surface area contributed by atoms with E-state index in [1.54, 1.807) is 12.3 Å². The van der Waals surface area contributed by atoms with Gasteiger partial charge in [-0.1, -0.05) is 0 Å². The molecule has 0 aromatic heterocycles. The lowest BCUT2D eigenvalue weighted by atomic mass is 10.6. The monoisotopic (exact) mass is 96.0 g/mol. The molecule has 0 atom stereocenters. The molecule has 2 heteroatoms. The van der Waals surface area contributed by atoms with E-state index in [2.05, 4.69) is 11.3 Å². The van der Waals surface area contributed by atoms with Gasteiger partial charge < -0.3 is 4.74 Å². The van der Waals surface area contributed by atoms with Gasteiger partial charge in [-0.3, -0.25) is 4.99 Å². The van der Waals surface area contributed by atoms with E-state index in [0.29, 0.717) is 13.2 Å². The van der Waals surface area contributed by atoms with Gasteiger partial charge in [-0.2, -0.15) is 0 Å². The van der Waals surface area contributed by atoms with Crippen LogP contribution in [-0.2, 0) is 4.74 Å². The second-order valence-corrected chi connectivity index (χ2v) is 1.18. The summed E-state index contributed by atoms with van der Waals surface area (Å²) in [6.07, 6.45) is 6.08. The van der Waals surface area contributed by atoms with Crippen molar-refractivity contribution in [3.05, 3.63) is 12.3 Å². The van der Waals surface area contributed by atoms with Gasteiger partial charge in [0.05, 0.1) is 6.54 Å². The minimum Gasteiger partial charge on any atom is -0.484 e. The first-order chi connectivity index (χ1) is 3.50. The van der Waals surface area contributed by atoms with Crippen molar-refractivity contribution < 1.29 is 4.74 Å². The van der Waals surface area contributed by atoms with Crippen LogP contribution in [0.4, 0.5) is 0 Å². The maximum absolute atomic E-state index is 4.74. The maximum Gasteiger partial charge on any atom is 0.159 e. The van der Waals surface area contributed by atoms with E-state index in [1.165, 1.54) is 0 Å². The minimum absolute atomic E-state index is 0.566. The van der Waals surface area contributed by atoms with Gasteiger partial charge in [-0.05, 0) is 6.08 Å². The quantitative estimate of drug-likeness (QED) is 0.428. The number of ether oxygens (including phenoxy) is 1. The fourth-order valence-corrected chi connectivity index (χ4v) is 0.362. The predicted molar refractivity (Wildman–Crippen MR) is 27.1 cm³/mol. The van der Waals surface area contributed by atoms with Gasteiger partial charge in [0.15, 0.2) is 6.26 Å². The molecule has 1 radical (unpaired) electrons. The summed E-state index contributed by atoms with van der Waals surface area (Å²) in [6, 6.07) is 0. The summed E-state index contributed by atoms with van der Waals surface area (Å²) in [5.41, 5.74) is 0. The van der Waals surface area contributed by atoms with Gasteiger partial charge in [0.2, 0.25) is 0 Å². The highest BCUT2D eigenvalue weighted by atomic mass is 16.5. The van der Waals surface area contributed by atoms with Gasteiger partial charge >= 0.3 is 0 Å². The Morgan fingerprint density at radius 1 is 1.71 bits per heavy atom. The molecule has 0 bridgehead atoms. The van der Waals surface area contributed by atoms with Crippen LogP contribution in [0.15, 0.2) is 11.1 Å². The Hall–Kier alpha value is -0.790. The van der Waals surface area contributed by atoms with E-state index in [4.69, 9.17) is 4.74 Å². The number of rotatable bonds is 0. The third-order valence-corrected chi connectivity index (χ3v) is 0.650. The predicted octanol–water partition coefficient (Wildman–Crippen LogP) is 0.404. The molecule has 0 aromatic carbocycles. The minimum atomic E-state index is 0.566. The van der Waals surface area contributed by atoms with Crippen molar-refractivity contribution in [3.63, 3.8) is 0 Å². The number of aliphatic imine (C=N–C) groups is 1. The summed E-state index contributed by atoms with van der Waals surface area (Å²) in [5, 5.41) is 0. The first kappa shape index (κ1) is 4.37. The normalized spacial score (nSPS) is 18.3. The highest BCUT2D eigenvalue weighted by Gasteiger charge is 1.80. The highest BCUT2D eigenvalue weighted by molar-refractivity contribution is 5.58. The van der Waals surface area contributed by atoms with Crippen LogP contribution in [0.25, 0.3) is 0 Å². The van der Waals surface area contributed by atoms with Crippen molar-refractivity contribution in [2.45, 2.75) is 0 Å². The molecule has 0 aliphatic carbocycles. The molecule has 7 heavy (non-hydrogen) atoms. The lowest BCUT2D eigenvalue weighted by Gasteiger charge is -1.83. The summed E-state index contributed by atoms with van der Waals surface area (Å²) in [7, 11) is 0. The van der Waals surface area contributed by atoms with Crippen LogP contribution in [0.5, 0.6) is 0 Å². The van der Waals surface area contributed by atoms with E-state index in [0.717, 1.165) is 0 Å². The zero-order valence-corrected chi connectivity index (χ0v) is 3.92. The Labute approximate surface area is 42.5 Å². The van der Waals surface area contributed by atoms with Gasteiger partial charge in [0.25, 0.3) is 0 Å². The fourth-order valence-electron chi connectivity index (χ4n) is 0.362. The first-order valence-corrected chi connectivity index (χ1v) is 2.17. The highest BCUT2D eigenvalue weighted by Crippen LogP contribution is 1.80. The molecular weight excluding hydrogens is 90.1 g/mol. The van der Waals surface area contributed by atoms with E-state index in [1.807, 2.05) is 0 Å². The zero-order chi connectivity index (χ0) is 4.95. The average molecular weight is 96.1 g/mol. The first-order valence-electron chi connectivity index (χ1n) is 2.17. The van der Waals surface area contributed by atoms with Crippen LogP contribution < -0.4 is 0 Å². The molecule has 0 amide bonds. The smallest absolute Gasteiger partial charge is 0.159 e. The average Bonchev–Trinajstić information content (AvgIpc) is 1.90. The number of hydrogen-bond donors (Lipinski definition) is 0. The molecule has 1 heterocycles. The zero-order valence-electron chi connectivity index (χ0n) is 3.92. The molecule has 0 fully saturated rings. The van der Waals surface area contributed by atoms with Crippen molar-refractivity contribution in [2.24, 2.45) is 4.99 Å². The molecule has 1 aliphatic heterocycles. The van der Waals surface area contributed by atoms with Gasteiger partial charge in [0.1, 0.15) is 6.61 Å². The molecule has 37 valence electrons. The lowest BCUT2D eigenvalue weighted by Crippen LogP contribution is -1.84. The molecule has 0 aromatic rings. The Balaban J connectivity index is 2.38. The molecule has 0 N–H and O–H groups in total. The second kappa shape index (κ2) is 2.39. The molecule has 1 aliphatic rings. The van der Waals surface area contributed by atoms with E-state index in [9.17, 15) is 0 Å². The fraction of sp³-hybridized carbons (Fsp3) is 0.400. The van der Waals surface area contributed by atoms with Crippen LogP contribution in [0, 0.1) is 6.26 Å². The Morgan fingerprint density at radius 2 is 2.71 bits per heavy atom. The number of nitrogens with zero attached hydrogens (tertiary/aromatic N) is 1. The standard InChI is InChI=1S/C5H6NO/c1-2-6-3-5-7-4-1/h1,3H,2,5H2. The SMILES string of the molecule is [C]1=CCN=CCO1. The van der Waals surface area contributed by atoms with Crippen molar-refractivity contribution >= 4 is 6.21 Å². The molecule has 0 unspecified atom stereocenters. The Morgan fingerprint density at radius 3 is 3.71 bits per heavy atom. The number of hydrogen-bond acceptors (Lipinski definition) is 2. The van der Waals surface area contributed by atoms with Crippen molar-refractivity contribution in [1.82, 2.24) is 0 Å². The summed E-state index contributed by atoms with van der Waals surface area (Å²) < 4.78 is 4.74. The molecular formula is C5H6NO. The topological polar surface area (TPSA) is 21.6 Å². The largest absolute Gasteiger partial charge is 0.484 e. The molecule has 0 saturated heterocycles. The van der Waals surface area contributed by atoms with Crippen molar-refractivity contribution in [3.8, 4) is 0 Å². The van der Waals surface area contributed by atoms with Crippen LogP contribution in [0.1, 0.15) is 0 Å². The van der Waals surface area contributed by atoms with E-state index >= 15 is 0 Å². The van der Waals surface area contributed by atoms with Crippen LogP contribution in [0.3, 0.4) is 0 Å². The third-order valence-electron chi connectivity index (χ3n) is 0.650. The van der Waals surface area contributed by atoms with Crippen molar-refractivity contribution in [2.75, 3.05) is 13.2 Å². The summed E-state index contributed by atoms with van der Waals surface area (Å²) in [5.74, 6) is 0. The van der Waals surface area contributed by atoms with E-state index in [-0.39, 0.29) is 0 Å². The molecule has 0 spiro atoms. The Bertz CT molecular complexity index is 84.3. The van der Waals surface area contributed by atoms with Gasteiger partial charge in [0, 0.05) is 6.21 Å². The molecule has 1 rings (SSSR count). The maximum atomic E-state index is 4.74.